The first-order valence-electron chi connectivity index (χ1n) is 7.99. The van der Waals surface area contributed by atoms with E-state index in [0.29, 0.717) is 32.3 Å². The van der Waals surface area contributed by atoms with E-state index in [0.717, 1.165) is 24.9 Å². The number of guanidine groups is 1. The van der Waals surface area contributed by atoms with Gasteiger partial charge in [-0.1, -0.05) is 18.1 Å². The molecule has 4 nitrogen and oxygen atoms in total. The van der Waals surface area contributed by atoms with Gasteiger partial charge in [-0.3, -0.25) is 4.99 Å². The fourth-order valence-electron chi connectivity index (χ4n) is 2.81. The summed E-state index contributed by atoms with van der Waals surface area (Å²) in [4.78, 5) is 4.70. The van der Waals surface area contributed by atoms with Crippen LogP contribution in [-0.2, 0) is 10.2 Å². The number of terminal acetylenes is 1. The largest absolute Gasteiger partial charge is 0.381 e. The van der Waals surface area contributed by atoms with Gasteiger partial charge in [-0.2, -0.15) is 0 Å². The Morgan fingerprint density at radius 3 is 2.54 bits per heavy atom. The molecule has 1 aromatic carbocycles. The summed E-state index contributed by atoms with van der Waals surface area (Å²) in [6.45, 7) is 5.21. The van der Waals surface area contributed by atoms with Crippen LogP contribution in [0, 0.1) is 18.2 Å². The maximum Gasteiger partial charge on any atom is 0.192 e. The van der Waals surface area contributed by atoms with Crippen molar-refractivity contribution in [1.82, 2.24) is 10.6 Å². The van der Waals surface area contributed by atoms with E-state index in [1.54, 1.807) is 0 Å². The number of hydrogen-bond acceptors (Lipinski definition) is 2. The number of nitrogens with zero attached hydrogens (tertiary/aromatic N) is 1. The lowest BCUT2D eigenvalue weighted by atomic mass is 9.74. The zero-order valence-corrected chi connectivity index (χ0v) is 16.3. The fourth-order valence-corrected chi connectivity index (χ4v) is 2.81. The van der Waals surface area contributed by atoms with Crippen LogP contribution in [0.3, 0.4) is 0 Å². The monoisotopic (exact) mass is 445 g/mol. The van der Waals surface area contributed by atoms with E-state index in [-0.39, 0.29) is 35.2 Å². The van der Waals surface area contributed by atoms with E-state index in [9.17, 15) is 4.39 Å². The van der Waals surface area contributed by atoms with Crippen molar-refractivity contribution in [2.75, 3.05) is 32.8 Å². The molecule has 0 aliphatic carbocycles. The zero-order chi connectivity index (χ0) is 16.5. The molecular weight excluding hydrogens is 420 g/mol. The normalized spacial score (nSPS) is 16.6. The molecular formula is C18H25FIN3O. The maximum atomic E-state index is 13.2. The minimum Gasteiger partial charge on any atom is -0.381 e. The van der Waals surface area contributed by atoms with Gasteiger partial charge in [0, 0.05) is 25.2 Å². The summed E-state index contributed by atoms with van der Waals surface area (Å²) in [5.41, 5.74) is 0.989. The fraction of sp³-hybridized carbons (Fsp3) is 0.500. The van der Waals surface area contributed by atoms with E-state index in [1.165, 1.54) is 12.1 Å². The molecule has 0 radical (unpaired) electrons. The number of nitrogens with one attached hydrogen (secondary N) is 2. The molecule has 6 heteroatoms. The first-order chi connectivity index (χ1) is 11.2. The van der Waals surface area contributed by atoms with Crippen LogP contribution < -0.4 is 10.6 Å². The Kier molecular flexibility index (Phi) is 9.08. The molecule has 0 amide bonds. The smallest absolute Gasteiger partial charge is 0.192 e. The summed E-state index contributed by atoms with van der Waals surface area (Å²) >= 11 is 0. The molecule has 1 aliphatic heterocycles. The van der Waals surface area contributed by atoms with Gasteiger partial charge in [-0.15, -0.1) is 30.4 Å². The number of ether oxygens (including phenoxy) is 1. The Morgan fingerprint density at radius 2 is 1.96 bits per heavy atom. The van der Waals surface area contributed by atoms with Crippen LogP contribution in [0.25, 0.3) is 0 Å². The van der Waals surface area contributed by atoms with Crippen molar-refractivity contribution in [1.29, 1.82) is 0 Å². The molecule has 0 spiro atoms. The van der Waals surface area contributed by atoms with Gasteiger partial charge in [-0.05, 0) is 37.5 Å². The topological polar surface area (TPSA) is 45.7 Å². The molecule has 1 saturated heterocycles. The summed E-state index contributed by atoms with van der Waals surface area (Å²) in [5, 5.41) is 6.29. The predicted octanol–water partition coefficient (Wildman–Crippen LogP) is 2.68. The molecule has 1 fully saturated rings. The lowest BCUT2D eigenvalue weighted by molar-refractivity contribution is 0.0531. The van der Waals surface area contributed by atoms with Crippen molar-refractivity contribution in [2.24, 2.45) is 4.99 Å². The predicted molar refractivity (Wildman–Crippen MR) is 106 cm³/mol. The summed E-state index contributed by atoms with van der Waals surface area (Å²) in [6.07, 6.45) is 7.04. The molecule has 0 aromatic heterocycles. The molecule has 0 saturated carbocycles. The van der Waals surface area contributed by atoms with Crippen molar-refractivity contribution >= 4 is 29.9 Å². The van der Waals surface area contributed by atoms with Crippen LogP contribution in [0.1, 0.15) is 25.3 Å². The van der Waals surface area contributed by atoms with E-state index in [2.05, 4.69) is 16.6 Å². The van der Waals surface area contributed by atoms with Gasteiger partial charge in [0.25, 0.3) is 0 Å². The van der Waals surface area contributed by atoms with Crippen LogP contribution in [0.5, 0.6) is 0 Å². The van der Waals surface area contributed by atoms with Gasteiger partial charge in [0.05, 0.1) is 13.1 Å². The molecule has 0 bridgehead atoms. The molecule has 24 heavy (non-hydrogen) atoms. The molecule has 1 aromatic rings. The summed E-state index contributed by atoms with van der Waals surface area (Å²) in [7, 11) is 0. The van der Waals surface area contributed by atoms with Gasteiger partial charge in [0.1, 0.15) is 5.82 Å². The average Bonchev–Trinajstić information content (AvgIpc) is 2.59. The molecule has 132 valence electrons. The van der Waals surface area contributed by atoms with E-state index >= 15 is 0 Å². The Labute approximate surface area is 160 Å². The first-order valence-corrected chi connectivity index (χ1v) is 7.99. The second-order valence-electron chi connectivity index (χ2n) is 5.65. The highest BCUT2D eigenvalue weighted by atomic mass is 127. The number of halogens is 2. The minimum atomic E-state index is -0.219. The van der Waals surface area contributed by atoms with Crippen molar-refractivity contribution < 1.29 is 9.13 Å². The molecule has 0 atom stereocenters. The SMILES string of the molecule is C#CCNC(=NCC1(c2ccc(F)cc2)CCOCC1)NCC.I. The summed E-state index contributed by atoms with van der Waals surface area (Å²) in [6, 6.07) is 6.74. The molecule has 2 rings (SSSR count). The quantitative estimate of drug-likeness (QED) is 0.317. The van der Waals surface area contributed by atoms with Crippen LogP contribution >= 0.6 is 24.0 Å². The van der Waals surface area contributed by atoms with Crippen LogP contribution in [-0.4, -0.2) is 38.8 Å². The highest BCUT2D eigenvalue weighted by molar-refractivity contribution is 14.0. The van der Waals surface area contributed by atoms with Crippen molar-refractivity contribution in [3.63, 3.8) is 0 Å². The zero-order valence-electron chi connectivity index (χ0n) is 14.0. The number of hydrogen-bond donors (Lipinski definition) is 2. The number of rotatable bonds is 5. The Hall–Kier alpha value is -1.33. The Bertz CT molecular complexity index is 563. The highest BCUT2D eigenvalue weighted by Crippen LogP contribution is 2.35. The highest BCUT2D eigenvalue weighted by Gasteiger charge is 2.34. The van der Waals surface area contributed by atoms with Crippen molar-refractivity contribution in [3.8, 4) is 12.3 Å². The van der Waals surface area contributed by atoms with Gasteiger partial charge in [-0.25, -0.2) is 4.39 Å². The number of benzene rings is 1. The molecule has 1 heterocycles. The third-order valence-electron chi connectivity index (χ3n) is 4.15. The van der Waals surface area contributed by atoms with Crippen molar-refractivity contribution in [2.45, 2.75) is 25.2 Å². The lowest BCUT2D eigenvalue weighted by Crippen LogP contribution is -2.41. The van der Waals surface area contributed by atoms with Gasteiger partial charge in [0.15, 0.2) is 5.96 Å². The van der Waals surface area contributed by atoms with E-state index in [4.69, 9.17) is 16.2 Å². The molecule has 0 unspecified atom stereocenters. The second kappa shape index (κ2) is 10.5. The van der Waals surface area contributed by atoms with Crippen LogP contribution in [0.15, 0.2) is 29.3 Å². The minimum absolute atomic E-state index is 0. The molecule has 1 aliphatic rings. The summed E-state index contributed by atoms with van der Waals surface area (Å²) in [5.74, 6) is 3.04. The Balaban J connectivity index is 0.00000288. The second-order valence-corrected chi connectivity index (χ2v) is 5.65. The van der Waals surface area contributed by atoms with Crippen molar-refractivity contribution in [3.05, 3.63) is 35.6 Å². The van der Waals surface area contributed by atoms with Crippen LogP contribution in [0.2, 0.25) is 0 Å². The van der Waals surface area contributed by atoms with Gasteiger partial charge in [0.2, 0.25) is 0 Å². The van der Waals surface area contributed by atoms with Gasteiger partial charge < -0.3 is 15.4 Å². The van der Waals surface area contributed by atoms with Gasteiger partial charge >= 0.3 is 0 Å². The maximum absolute atomic E-state index is 13.2. The molecule has 2 N–H and O–H groups in total. The third kappa shape index (κ3) is 5.64. The third-order valence-corrected chi connectivity index (χ3v) is 4.15. The van der Waals surface area contributed by atoms with E-state index < -0.39 is 0 Å². The standard InChI is InChI=1S/C18H24FN3O.HI/c1-3-11-21-17(20-4-2)22-14-18(9-12-23-13-10-18)15-5-7-16(19)8-6-15;/h1,5-8H,4,9-14H2,2H3,(H2,20,21,22);1H. The van der Waals surface area contributed by atoms with Crippen LogP contribution in [0.4, 0.5) is 4.39 Å². The lowest BCUT2D eigenvalue weighted by Gasteiger charge is -2.36. The summed E-state index contributed by atoms with van der Waals surface area (Å²) < 4.78 is 18.8. The average molecular weight is 445 g/mol. The first kappa shape index (κ1) is 20.7. The number of aliphatic imine (C=N–C) groups is 1. The van der Waals surface area contributed by atoms with E-state index in [1.807, 2.05) is 19.1 Å². The Morgan fingerprint density at radius 1 is 1.29 bits per heavy atom.